The summed E-state index contributed by atoms with van der Waals surface area (Å²) in [7, 11) is 0. The van der Waals surface area contributed by atoms with Crippen molar-refractivity contribution < 1.29 is 81.0 Å². The first-order valence-electron chi connectivity index (χ1n) is 19.6. The maximum absolute atomic E-state index is 13.2. The van der Waals surface area contributed by atoms with Crippen LogP contribution in [0.4, 0.5) is 0 Å². The van der Waals surface area contributed by atoms with Gasteiger partial charge in [0, 0.05) is 48.0 Å². The minimum Gasteiger partial charge on any atom is -0.463 e. The average Bonchev–Trinajstić information content (AvgIpc) is 3.17. The minimum atomic E-state index is -1.41. The van der Waals surface area contributed by atoms with Crippen molar-refractivity contribution in [3.63, 3.8) is 0 Å². The van der Waals surface area contributed by atoms with Gasteiger partial charge in [-0.3, -0.25) is 19.2 Å². The van der Waals surface area contributed by atoms with Gasteiger partial charge in [-0.25, -0.2) is 19.2 Å². The highest BCUT2D eigenvalue weighted by Gasteiger charge is 2.48. The van der Waals surface area contributed by atoms with Crippen LogP contribution in [0.2, 0.25) is 0 Å². The van der Waals surface area contributed by atoms with E-state index in [1.165, 1.54) is 27.7 Å². The summed E-state index contributed by atoms with van der Waals surface area (Å²) in [6.45, 7) is 19.5. The van der Waals surface area contributed by atoms with Crippen molar-refractivity contribution in [1.29, 1.82) is 0 Å². The Balaban J connectivity index is 3.13. The van der Waals surface area contributed by atoms with Crippen LogP contribution >= 0.6 is 0 Å². The van der Waals surface area contributed by atoms with E-state index in [-0.39, 0.29) is 100 Å². The maximum atomic E-state index is 13.2. The predicted molar refractivity (Wildman–Crippen MR) is 209 cm³/mol. The molecule has 330 valence electrons. The number of carbonyl (C=O) groups excluding carboxylic acids is 8. The van der Waals surface area contributed by atoms with Crippen molar-refractivity contribution in [3.05, 3.63) is 48.6 Å². The highest BCUT2D eigenvalue weighted by Crippen LogP contribution is 2.27. The van der Waals surface area contributed by atoms with Gasteiger partial charge in [-0.05, 0) is 79.1 Å². The van der Waals surface area contributed by atoms with Crippen LogP contribution in [0, 0.1) is 0 Å². The molecule has 0 aromatic rings. The Morgan fingerprint density at radius 2 is 0.763 bits per heavy atom. The molecule has 0 aliphatic carbocycles. The van der Waals surface area contributed by atoms with Crippen LogP contribution in [0.25, 0.3) is 0 Å². The van der Waals surface area contributed by atoms with Crippen molar-refractivity contribution in [3.8, 4) is 0 Å². The van der Waals surface area contributed by atoms with Crippen molar-refractivity contribution in [1.82, 2.24) is 0 Å². The van der Waals surface area contributed by atoms with E-state index in [1.54, 1.807) is 0 Å². The number of carbonyl (C=O) groups is 8. The first kappa shape index (κ1) is 51.7. The molecule has 1 unspecified atom stereocenters. The molecule has 17 heteroatoms. The summed E-state index contributed by atoms with van der Waals surface area (Å²) in [5.74, 6) is -5.05. The summed E-state index contributed by atoms with van der Waals surface area (Å²) < 4.78 is 48.9. The van der Waals surface area contributed by atoms with Gasteiger partial charge in [0.05, 0.1) is 33.0 Å². The average molecular weight is 837 g/mol. The SMILES string of the molecule is C=C(C)C(=O)OCCCCC(=O)OCC1OC[C@@H](OC(=O)CCCCOC(=O)C(=C)C)[C@H](OC(=O)CCCCOC(=O)C(=C)C)[C@H]1OC(=O)CCCCOC(=O)C(=C)C. The summed E-state index contributed by atoms with van der Waals surface area (Å²) in [5, 5.41) is 0. The largest absolute Gasteiger partial charge is 0.463 e. The molecule has 0 aromatic heterocycles. The summed E-state index contributed by atoms with van der Waals surface area (Å²) in [4.78, 5) is 98.7. The van der Waals surface area contributed by atoms with Gasteiger partial charge in [0.25, 0.3) is 0 Å². The van der Waals surface area contributed by atoms with Crippen LogP contribution in [-0.2, 0) is 81.0 Å². The highest BCUT2D eigenvalue weighted by molar-refractivity contribution is 5.88. The van der Waals surface area contributed by atoms with Gasteiger partial charge in [-0.1, -0.05) is 26.3 Å². The van der Waals surface area contributed by atoms with E-state index in [1.807, 2.05) is 0 Å². The van der Waals surface area contributed by atoms with Crippen LogP contribution in [0.5, 0.6) is 0 Å². The Morgan fingerprint density at radius 3 is 1.12 bits per heavy atom. The molecular weight excluding hydrogens is 776 g/mol. The molecule has 59 heavy (non-hydrogen) atoms. The van der Waals surface area contributed by atoms with Crippen LogP contribution in [0.1, 0.15) is 105 Å². The van der Waals surface area contributed by atoms with Crippen LogP contribution < -0.4 is 0 Å². The zero-order valence-corrected chi connectivity index (χ0v) is 34.8. The summed E-state index contributed by atoms with van der Waals surface area (Å²) >= 11 is 0. The monoisotopic (exact) mass is 836 g/mol. The minimum absolute atomic E-state index is 0.0292. The van der Waals surface area contributed by atoms with Crippen molar-refractivity contribution in [2.75, 3.05) is 39.6 Å². The number of ether oxygens (including phenoxy) is 9. The molecule has 0 radical (unpaired) electrons. The molecule has 0 spiro atoms. The number of esters is 8. The van der Waals surface area contributed by atoms with Crippen LogP contribution in [-0.4, -0.2) is 112 Å². The summed E-state index contributed by atoms with van der Waals surface area (Å²) in [6, 6.07) is 0. The Bertz CT molecular complexity index is 1510. The lowest BCUT2D eigenvalue weighted by molar-refractivity contribution is -0.233. The van der Waals surface area contributed by atoms with Gasteiger partial charge in [0.15, 0.2) is 18.3 Å². The van der Waals surface area contributed by atoms with E-state index in [9.17, 15) is 38.4 Å². The third-order valence-electron chi connectivity index (χ3n) is 8.19. The summed E-state index contributed by atoms with van der Waals surface area (Å²) in [5.41, 5.74) is 0.936. The number of unbranched alkanes of at least 4 members (excludes halogenated alkanes) is 4. The maximum Gasteiger partial charge on any atom is 0.333 e. The lowest BCUT2D eigenvalue weighted by Gasteiger charge is -2.40. The molecule has 17 nitrogen and oxygen atoms in total. The lowest BCUT2D eigenvalue weighted by Crippen LogP contribution is -2.59. The van der Waals surface area contributed by atoms with Gasteiger partial charge >= 0.3 is 47.8 Å². The molecule has 1 rings (SSSR count). The molecule has 0 N–H and O–H groups in total. The third kappa shape index (κ3) is 23.0. The zero-order chi connectivity index (χ0) is 44.3. The van der Waals surface area contributed by atoms with E-state index >= 15 is 0 Å². The fourth-order valence-electron chi connectivity index (χ4n) is 4.90. The van der Waals surface area contributed by atoms with Gasteiger partial charge in [-0.2, -0.15) is 0 Å². The number of rotatable bonds is 29. The molecule has 1 heterocycles. The first-order chi connectivity index (χ1) is 27.9. The van der Waals surface area contributed by atoms with E-state index in [4.69, 9.17) is 42.6 Å². The van der Waals surface area contributed by atoms with Crippen molar-refractivity contribution in [2.45, 2.75) is 129 Å². The molecule has 4 atom stereocenters. The Hall–Kier alpha value is -5.32. The molecule has 1 aliphatic heterocycles. The van der Waals surface area contributed by atoms with Gasteiger partial charge in [0.1, 0.15) is 12.7 Å². The Morgan fingerprint density at radius 1 is 0.441 bits per heavy atom. The lowest BCUT2D eigenvalue weighted by atomic mass is 9.99. The second kappa shape index (κ2) is 29.0. The van der Waals surface area contributed by atoms with E-state index < -0.39 is 78.8 Å². The first-order valence-corrected chi connectivity index (χ1v) is 19.6. The smallest absolute Gasteiger partial charge is 0.333 e. The fraction of sp³-hybridized carbons (Fsp3) is 0.619. The Kier molecular flexibility index (Phi) is 25.4. The molecule has 1 aliphatic rings. The van der Waals surface area contributed by atoms with Crippen LogP contribution in [0.3, 0.4) is 0 Å². The van der Waals surface area contributed by atoms with Gasteiger partial charge in [-0.15, -0.1) is 0 Å². The molecule has 1 saturated heterocycles. The van der Waals surface area contributed by atoms with E-state index in [2.05, 4.69) is 26.3 Å². The van der Waals surface area contributed by atoms with Crippen LogP contribution in [0.15, 0.2) is 48.6 Å². The molecule has 0 aromatic carbocycles. The second-order valence-electron chi connectivity index (χ2n) is 14.0. The number of hydrogen-bond donors (Lipinski definition) is 0. The predicted octanol–water partition coefficient (Wildman–Crippen LogP) is 4.82. The zero-order valence-electron chi connectivity index (χ0n) is 34.8. The van der Waals surface area contributed by atoms with E-state index in [0.717, 1.165) is 0 Å². The van der Waals surface area contributed by atoms with E-state index in [0.29, 0.717) is 32.1 Å². The quantitative estimate of drug-likeness (QED) is 0.0427. The molecule has 0 saturated carbocycles. The van der Waals surface area contributed by atoms with Crippen molar-refractivity contribution in [2.24, 2.45) is 0 Å². The normalized spacial score (nSPS) is 16.9. The van der Waals surface area contributed by atoms with Crippen molar-refractivity contribution >= 4 is 47.8 Å². The molecule has 0 bridgehead atoms. The standard InChI is InChI=1S/C42H60O17/c1-27(2)39(47)51-21-13-9-17-33(43)56-25-31-37(58-35(45)19-11-15-23-53-41(49)29(5)6)38(59-36(46)20-12-16-24-54-42(50)30(7)8)32(26-55-31)57-34(44)18-10-14-22-52-40(48)28(3)4/h31-32,37-38H,1,3,5,7,9-26H2,2,4,6,8H3/t31?,32-,37+,38+/m1/s1. The topological polar surface area (TPSA) is 220 Å². The molecule has 0 amide bonds. The fourth-order valence-corrected chi connectivity index (χ4v) is 4.90. The highest BCUT2D eigenvalue weighted by atomic mass is 16.7. The molecular formula is C42H60O17. The third-order valence-corrected chi connectivity index (χ3v) is 8.19. The molecule has 1 fully saturated rings. The van der Waals surface area contributed by atoms with Gasteiger partial charge < -0.3 is 42.6 Å². The Labute approximate surface area is 345 Å². The van der Waals surface area contributed by atoms with Gasteiger partial charge in [0.2, 0.25) is 0 Å². The number of hydrogen-bond acceptors (Lipinski definition) is 17. The second-order valence-corrected chi connectivity index (χ2v) is 14.0. The summed E-state index contributed by atoms with van der Waals surface area (Å²) in [6.07, 6.45) is -3.18.